The monoisotopic (exact) mass is 478 g/mol. The molecule has 3 aromatic carbocycles. The number of nitro groups is 1. The van der Waals surface area contributed by atoms with Gasteiger partial charge in [-0.05, 0) is 43.3 Å². The Kier molecular flexibility index (Phi) is 6.76. The molecular weight excluding hydrogens is 460 g/mol. The van der Waals surface area contributed by atoms with Gasteiger partial charge in [-0.15, -0.1) is 0 Å². The summed E-state index contributed by atoms with van der Waals surface area (Å²) in [5.74, 6) is -0.0439. The van der Waals surface area contributed by atoms with E-state index in [-0.39, 0.29) is 17.3 Å². The lowest BCUT2D eigenvalue weighted by Gasteiger charge is -2.12. The predicted octanol–water partition coefficient (Wildman–Crippen LogP) is 6.14. The van der Waals surface area contributed by atoms with E-state index in [0.717, 1.165) is 11.3 Å². The lowest BCUT2D eigenvalue weighted by molar-refractivity contribution is -0.384. The fourth-order valence-electron chi connectivity index (χ4n) is 3.22. The van der Waals surface area contributed by atoms with Crippen molar-refractivity contribution in [3.63, 3.8) is 0 Å². The summed E-state index contributed by atoms with van der Waals surface area (Å²) in [6.07, 6.45) is 1.67. The number of carbonyl (C=O) groups is 1. The Morgan fingerprint density at radius 3 is 2.55 bits per heavy atom. The molecule has 33 heavy (non-hydrogen) atoms. The van der Waals surface area contributed by atoms with E-state index >= 15 is 0 Å². The van der Waals surface area contributed by atoms with Gasteiger partial charge in [0.15, 0.2) is 5.16 Å². The molecule has 0 radical (unpaired) electrons. The van der Waals surface area contributed by atoms with Gasteiger partial charge in [-0.2, -0.15) is 0 Å². The minimum Gasteiger partial charge on any atom is -0.325 e. The van der Waals surface area contributed by atoms with E-state index in [1.165, 1.54) is 23.9 Å². The number of aryl methyl sites for hydroxylation is 1. The lowest BCUT2D eigenvalue weighted by atomic mass is 10.1. The van der Waals surface area contributed by atoms with Crippen LogP contribution < -0.4 is 5.32 Å². The van der Waals surface area contributed by atoms with Crippen molar-refractivity contribution in [3.05, 3.63) is 99.7 Å². The number of benzene rings is 3. The number of anilines is 1. The van der Waals surface area contributed by atoms with Crippen LogP contribution in [-0.4, -0.2) is 26.1 Å². The van der Waals surface area contributed by atoms with Crippen LogP contribution in [0.4, 0.5) is 11.4 Å². The third-order valence-electron chi connectivity index (χ3n) is 4.83. The maximum atomic E-state index is 12.5. The highest BCUT2D eigenvalue weighted by molar-refractivity contribution is 7.99. The molecule has 0 atom stereocenters. The maximum Gasteiger partial charge on any atom is 0.270 e. The molecule has 4 rings (SSSR count). The summed E-state index contributed by atoms with van der Waals surface area (Å²) in [7, 11) is 0. The van der Waals surface area contributed by atoms with E-state index in [9.17, 15) is 14.9 Å². The van der Waals surface area contributed by atoms with E-state index in [2.05, 4.69) is 10.3 Å². The number of rotatable bonds is 7. The van der Waals surface area contributed by atoms with Crippen molar-refractivity contribution in [2.24, 2.45) is 0 Å². The second kappa shape index (κ2) is 9.89. The normalized spacial score (nSPS) is 10.7. The van der Waals surface area contributed by atoms with Crippen molar-refractivity contribution in [2.45, 2.75) is 12.1 Å². The summed E-state index contributed by atoms with van der Waals surface area (Å²) in [4.78, 5) is 27.8. The summed E-state index contributed by atoms with van der Waals surface area (Å²) in [5.41, 5.74) is 3.97. The first-order valence-electron chi connectivity index (χ1n) is 9.98. The first kappa shape index (κ1) is 22.6. The molecule has 0 aliphatic heterocycles. The van der Waals surface area contributed by atoms with Crippen molar-refractivity contribution < 1.29 is 9.72 Å². The molecule has 0 bridgehead atoms. The van der Waals surface area contributed by atoms with Crippen molar-refractivity contribution in [1.82, 2.24) is 9.55 Å². The van der Waals surface area contributed by atoms with Gasteiger partial charge < -0.3 is 5.32 Å². The summed E-state index contributed by atoms with van der Waals surface area (Å²) in [6.45, 7) is 2.00. The van der Waals surface area contributed by atoms with Crippen LogP contribution in [0.1, 0.15) is 5.56 Å². The molecule has 0 fully saturated rings. The molecule has 1 N–H and O–H groups in total. The first-order chi connectivity index (χ1) is 15.9. The molecule has 0 aliphatic rings. The molecule has 0 saturated carbocycles. The summed E-state index contributed by atoms with van der Waals surface area (Å²) < 4.78 is 1.90. The van der Waals surface area contributed by atoms with Crippen LogP contribution in [0.3, 0.4) is 0 Å². The van der Waals surface area contributed by atoms with Crippen LogP contribution in [-0.2, 0) is 4.79 Å². The molecule has 4 aromatic rings. The minimum atomic E-state index is -0.424. The number of halogens is 1. The molecule has 1 amide bonds. The van der Waals surface area contributed by atoms with E-state index in [4.69, 9.17) is 11.6 Å². The van der Waals surface area contributed by atoms with Crippen LogP contribution in [0.2, 0.25) is 5.02 Å². The molecule has 0 saturated heterocycles. The smallest absolute Gasteiger partial charge is 0.270 e. The Hall–Kier alpha value is -3.62. The molecular formula is C24H19ClN4O3S. The fourth-order valence-corrected chi connectivity index (χ4v) is 4.14. The first-order valence-corrected chi connectivity index (χ1v) is 11.3. The Labute approximate surface area is 199 Å². The van der Waals surface area contributed by atoms with E-state index in [1.807, 2.05) is 35.8 Å². The number of nitrogens with zero attached hydrogens (tertiary/aromatic N) is 3. The summed E-state index contributed by atoms with van der Waals surface area (Å²) in [6, 6.07) is 21.2. The van der Waals surface area contributed by atoms with Crippen LogP contribution in [0.5, 0.6) is 0 Å². The van der Waals surface area contributed by atoms with Crippen LogP contribution >= 0.6 is 23.4 Å². The van der Waals surface area contributed by atoms with Gasteiger partial charge >= 0.3 is 0 Å². The number of carbonyl (C=O) groups excluding carboxylic acids is 1. The highest BCUT2D eigenvalue weighted by atomic mass is 35.5. The van der Waals surface area contributed by atoms with Gasteiger partial charge in [0.2, 0.25) is 5.91 Å². The van der Waals surface area contributed by atoms with E-state index in [1.54, 1.807) is 42.6 Å². The Balaban J connectivity index is 1.63. The minimum absolute atomic E-state index is 0.000650. The highest BCUT2D eigenvalue weighted by Gasteiger charge is 2.17. The lowest BCUT2D eigenvalue weighted by Crippen LogP contribution is -2.14. The quantitative estimate of drug-likeness (QED) is 0.196. The summed E-state index contributed by atoms with van der Waals surface area (Å²) >= 11 is 7.17. The number of nitrogens with one attached hydrogen (secondary N) is 1. The van der Waals surface area contributed by atoms with Gasteiger partial charge in [-0.25, -0.2) is 4.98 Å². The van der Waals surface area contributed by atoms with Crippen molar-refractivity contribution >= 4 is 40.6 Å². The third-order valence-corrected chi connectivity index (χ3v) is 6.04. The fraction of sp³-hybridized carbons (Fsp3) is 0.0833. The molecule has 1 aromatic heterocycles. The SMILES string of the molecule is Cc1ccc(-n2c(-c3cccc([N+](=O)[O-])c3)cnc2SCC(=O)Nc2ccc(Cl)cc2)cc1. The van der Waals surface area contributed by atoms with Crippen LogP contribution in [0, 0.1) is 17.0 Å². The molecule has 9 heteroatoms. The number of thioether (sulfide) groups is 1. The molecule has 0 unspecified atom stereocenters. The van der Waals surface area contributed by atoms with E-state index < -0.39 is 4.92 Å². The topological polar surface area (TPSA) is 90.1 Å². The van der Waals surface area contributed by atoms with Crippen LogP contribution in [0.25, 0.3) is 16.9 Å². The standard InChI is InChI=1S/C24H19ClN4O3S/c1-16-5-11-20(12-6-16)28-22(17-3-2-4-21(13-17)29(31)32)14-26-24(28)33-15-23(30)27-19-9-7-18(25)8-10-19/h2-14H,15H2,1H3,(H,27,30). The second-order valence-electron chi connectivity index (χ2n) is 7.25. The highest BCUT2D eigenvalue weighted by Crippen LogP contribution is 2.31. The average molecular weight is 479 g/mol. The zero-order valence-electron chi connectivity index (χ0n) is 17.6. The second-order valence-corrected chi connectivity index (χ2v) is 8.63. The van der Waals surface area contributed by atoms with Crippen molar-refractivity contribution in [1.29, 1.82) is 0 Å². The van der Waals surface area contributed by atoms with Crippen LogP contribution in [0.15, 0.2) is 84.1 Å². The number of hydrogen-bond acceptors (Lipinski definition) is 5. The van der Waals surface area contributed by atoms with Gasteiger partial charge in [-0.3, -0.25) is 19.5 Å². The van der Waals surface area contributed by atoms with Crippen molar-refractivity contribution in [2.75, 3.05) is 11.1 Å². The van der Waals surface area contributed by atoms with Gasteiger partial charge in [0.1, 0.15) is 0 Å². The third kappa shape index (κ3) is 5.42. The van der Waals surface area contributed by atoms with Gasteiger partial charge in [0.25, 0.3) is 5.69 Å². The van der Waals surface area contributed by atoms with Crippen molar-refractivity contribution in [3.8, 4) is 16.9 Å². The van der Waals surface area contributed by atoms with E-state index in [0.29, 0.717) is 27.1 Å². The number of non-ortho nitro benzene ring substituents is 1. The number of aromatic nitrogens is 2. The number of amides is 1. The molecule has 166 valence electrons. The molecule has 0 aliphatic carbocycles. The maximum absolute atomic E-state index is 12.5. The number of imidazole rings is 1. The zero-order valence-corrected chi connectivity index (χ0v) is 19.1. The number of hydrogen-bond donors (Lipinski definition) is 1. The van der Waals surface area contributed by atoms with Gasteiger partial charge in [0.05, 0.1) is 22.6 Å². The molecule has 1 heterocycles. The largest absolute Gasteiger partial charge is 0.325 e. The Morgan fingerprint density at radius 1 is 1.12 bits per heavy atom. The Morgan fingerprint density at radius 2 is 1.85 bits per heavy atom. The van der Waals surface area contributed by atoms with Gasteiger partial charge in [-0.1, -0.05) is 53.2 Å². The molecule has 0 spiro atoms. The number of nitro benzene ring substituents is 1. The summed E-state index contributed by atoms with van der Waals surface area (Å²) in [5, 5.41) is 15.3. The Bertz CT molecular complexity index is 1300. The molecule has 7 nitrogen and oxygen atoms in total. The zero-order chi connectivity index (χ0) is 23.4. The predicted molar refractivity (Wildman–Crippen MR) is 131 cm³/mol. The average Bonchev–Trinajstić information content (AvgIpc) is 3.24. The van der Waals surface area contributed by atoms with Gasteiger partial charge in [0, 0.05) is 34.1 Å².